The van der Waals surface area contributed by atoms with E-state index < -0.39 is 8.32 Å². The highest BCUT2D eigenvalue weighted by molar-refractivity contribution is 6.74. The molecule has 0 aromatic carbocycles. The second kappa shape index (κ2) is 4.78. The maximum atomic E-state index is 6.34. The van der Waals surface area contributed by atoms with Gasteiger partial charge in [0.05, 0.1) is 5.76 Å². The van der Waals surface area contributed by atoms with Crippen LogP contribution >= 0.6 is 0 Å². The van der Waals surface area contributed by atoms with E-state index in [1.54, 1.807) is 0 Å². The summed E-state index contributed by atoms with van der Waals surface area (Å²) in [5.74, 6) is 1.05. The lowest BCUT2D eigenvalue weighted by molar-refractivity contribution is 0.274. The van der Waals surface area contributed by atoms with Crippen LogP contribution in [0, 0.1) is 5.41 Å². The zero-order valence-electron chi connectivity index (χ0n) is 12.3. The van der Waals surface area contributed by atoms with Gasteiger partial charge in [-0.05, 0) is 24.2 Å². The van der Waals surface area contributed by atoms with E-state index in [0.717, 1.165) is 5.76 Å². The summed E-state index contributed by atoms with van der Waals surface area (Å²) in [5.41, 5.74) is 0.0453. The molecule has 0 aliphatic carbocycles. The van der Waals surface area contributed by atoms with Gasteiger partial charge >= 0.3 is 0 Å². The molecule has 0 amide bonds. The van der Waals surface area contributed by atoms with E-state index in [1.807, 2.05) is 12.2 Å². The first kappa shape index (κ1) is 15.5. The number of hydrogen-bond donors (Lipinski definition) is 0. The minimum Gasteiger partial charge on any atom is -0.546 e. The molecule has 0 bridgehead atoms. The largest absolute Gasteiger partial charge is 0.546 e. The number of hydrogen-bond acceptors (Lipinski definition) is 1. The first-order chi connectivity index (χ1) is 6.92. The van der Waals surface area contributed by atoms with E-state index in [9.17, 15) is 0 Å². The van der Waals surface area contributed by atoms with Crippen molar-refractivity contribution in [3.63, 3.8) is 0 Å². The molecule has 0 atom stereocenters. The Morgan fingerprint density at radius 3 is 1.75 bits per heavy atom. The molecule has 1 nitrogen and oxygen atoms in total. The molecule has 0 spiro atoms. The minimum absolute atomic E-state index is 0.0453. The van der Waals surface area contributed by atoms with Crippen molar-refractivity contribution in [1.29, 1.82) is 0 Å². The van der Waals surface area contributed by atoms with Crippen LogP contribution in [0.25, 0.3) is 0 Å². The van der Waals surface area contributed by atoms with E-state index in [0.29, 0.717) is 0 Å². The van der Waals surface area contributed by atoms with Crippen molar-refractivity contribution in [1.82, 2.24) is 0 Å². The van der Waals surface area contributed by atoms with Crippen molar-refractivity contribution in [2.45, 2.75) is 59.7 Å². The molecule has 2 heteroatoms. The van der Waals surface area contributed by atoms with E-state index in [2.05, 4.69) is 61.2 Å². The molecule has 0 aliphatic rings. The highest BCUT2D eigenvalue weighted by Gasteiger charge is 2.40. The van der Waals surface area contributed by atoms with Gasteiger partial charge in [0, 0.05) is 5.41 Å². The van der Waals surface area contributed by atoms with E-state index >= 15 is 0 Å². The van der Waals surface area contributed by atoms with E-state index in [-0.39, 0.29) is 10.5 Å². The average molecular weight is 240 g/mol. The lowest BCUT2D eigenvalue weighted by Gasteiger charge is -2.40. The normalized spacial score (nSPS) is 14.9. The summed E-state index contributed by atoms with van der Waals surface area (Å²) in [6.07, 6.45) is 3.81. The SMILES string of the molecule is C=C/C=C(\O[Si](C)(C)C(C)(C)C)C(C)(C)C. The Labute approximate surface area is 103 Å². The Morgan fingerprint density at radius 1 is 1.06 bits per heavy atom. The Hall–Kier alpha value is -0.503. The number of rotatable bonds is 3. The van der Waals surface area contributed by atoms with Gasteiger partial charge in [-0.3, -0.25) is 0 Å². The minimum atomic E-state index is -1.73. The van der Waals surface area contributed by atoms with Crippen LogP contribution in [0.2, 0.25) is 18.1 Å². The monoisotopic (exact) mass is 240 g/mol. The third-order valence-electron chi connectivity index (χ3n) is 3.18. The van der Waals surface area contributed by atoms with Crippen molar-refractivity contribution in [3.05, 3.63) is 24.5 Å². The van der Waals surface area contributed by atoms with Crippen molar-refractivity contribution in [3.8, 4) is 0 Å². The molecule has 94 valence electrons. The molecule has 0 rings (SSSR count). The zero-order valence-corrected chi connectivity index (χ0v) is 13.3. The van der Waals surface area contributed by atoms with Gasteiger partial charge in [0.2, 0.25) is 8.32 Å². The lowest BCUT2D eigenvalue weighted by atomic mass is 9.94. The van der Waals surface area contributed by atoms with Crippen LogP contribution in [0.1, 0.15) is 41.5 Å². The van der Waals surface area contributed by atoms with Crippen LogP contribution in [0.4, 0.5) is 0 Å². The predicted molar refractivity (Wildman–Crippen MR) is 76.0 cm³/mol. The van der Waals surface area contributed by atoms with E-state index in [1.165, 1.54) is 0 Å². The van der Waals surface area contributed by atoms with Crippen LogP contribution in [0.3, 0.4) is 0 Å². The molecule has 0 heterocycles. The lowest BCUT2D eigenvalue weighted by Crippen LogP contribution is -2.41. The highest BCUT2D eigenvalue weighted by Crippen LogP contribution is 2.40. The summed E-state index contributed by atoms with van der Waals surface area (Å²) in [7, 11) is -1.73. The van der Waals surface area contributed by atoms with Crippen LogP contribution in [-0.4, -0.2) is 8.32 Å². The van der Waals surface area contributed by atoms with Crippen LogP contribution in [-0.2, 0) is 4.43 Å². The van der Waals surface area contributed by atoms with Crippen molar-refractivity contribution in [2.75, 3.05) is 0 Å². The second-order valence-electron chi connectivity index (χ2n) is 6.88. The van der Waals surface area contributed by atoms with Gasteiger partial charge in [-0.15, -0.1) is 0 Å². The van der Waals surface area contributed by atoms with Crippen LogP contribution in [0.5, 0.6) is 0 Å². The topological polar surface area (TPSA) is 9.23 Å². The smallest absolute Gasteiger partial charge is 0.250 e. The van der Waals surface area contributed by atoms with E-state index in [4.69, 9.17) is 4.43 Å². The van der Waals surface area contributed by atoms with Gasteiger partial charge in [-0.25, -0.2) is 0 Å². The summed E-state index contributed by atoms with van der Waals surface area (Å²) < 4.78 is 6.34. The molecule has 0 fully saturated rings. The molecule has 0 aromatic rings. The molecule has 0 aliphatic heterocycles. The molecule has 0 aromatic heterocycles. The van der Waals surface area contributed by atoms with Gasteiger partial charge in [0.25, 0.3) is 0 Å². The molecule has 0 saturated carbocycles. The third kappa shape index (κ3) is 4.16. The highest BCUT2D eigenvalue weighted by atomic mass is 28.4. The van der Waals surface area contributed by atoms with Crippen LogP contribution in [0.15, 0.2) is 24.5 Å². The maximum absolute atomic E-state index is 6.34. The molecular formula is C14H28OSi. The first-order valence-corrected chi connectivity index (χ1v) is 8.85. The standard InChI is InChI=1S/C14H28OSi/c1-10-11-12(13(2,3)4)15-16(8,9)14(5,6)7/h10-11H,1H2,2-9H3/b12-11-. The summed E-state index contributed by atoms with van der Waals surface area (Å²) in [6.45, 7) is 21.6. The molecule has 16 heavy (non-hydrogen) atoms. The van der Waals surface area contributed by atoms with Gasteiger partial charge < -0.3 is 4.43 Å². The molecular weight excluding hydrogens is 212 g/mol. The predicted octanol–water partition coefficient (Wildman–Crippen LogP) is 5.12. The van der Waals surface area contributed by atoms with Crippen molar-refractivity contribution < 1.29 is 4.43 Å². The summed E-state index contributed by atoms with van der Waals surface area (Å²) in [4.78, 5) is 0. The zero-order chi connectivity index (χ0) is 13.2. The Balaban J connectivity index is 5.07. The van der Waals surface area contributed by atoms with Gasteiger partial charge in [-0.1, -0.05) is 54.2 Å². The summed E-state index contributed by atoms with van der Waals surface area (Å²) in [5, 5.41) is 0.235. The summed E-state index contributed by atoms with van der Waals surface area (Å²) >= 11 is 0. The Kier molecular flexibility index (Phi) is 4.63. The Morgan fingerprint density at radius 2 is 1.50 bits per heavy atom. The van der Waals surface area contributed by atoms with Gasteiger partial charge in [0.15, 0.2) is 0 Å². The van der Waals surface area contributed by atoms with Crippen molar-refractivity contribution in [2.24, 2.45) is 5.41 Å². The van der Waals surface area contributed by atoms with Crippen molar-refractivity contribution >= 4 is 8.32 Å². The maximum Gasteiger partial charge on any atom is 0.250 e. The average Bonchev–Trinajstić information content (AvgIpc) is 1.99. The molecule has 0 radical (unpaired) electrons. The van der Waals surface area contributed by atoms with Gasteiger partial charge in [0.1, 0.15) is 0 Å². The first-order valence-electron chi connectivity index (χ1n) is 5.94. The fourth-order valence-electron chi connectivity index (χ4n) is 0.972. The van der Waals surface area contributed by atoms with Crippen LogP contribution < -0.4 is 0 Å². The summed E-state index contributed by atoms with van der Waals surface area (Å²) in [6, 6.07) is 0. The molecule has 0 N–H and O–H groups in total. The van der Waals surface area contributed by atoms with Gasteiger partial charge in [-0.2, -0.15) is 0 Å². The third-order valence-corrected chi connectivity index (χ3v) is 7.52. The number of allylic oxidation sites excluding steroid dienone is 3. The quantitative estimate of drug-likeness (QED) is 0.378. The Bertz CT molecular complexity index is 274. The second-order valence-corrected chi connectivity index (χ2v) is 11.6. The molecule has 0 unspecified atom stereocenters. The fraction of sp³-hybridized carbons (Fsp3) is 0.714. The fourth-order valence-corrected chi connectivity index (χ4v) is 2.20. The molecule has 0 saturated heterocycles.